The third kappa shape index (κ3) is 8.90. The van der Waals surface area contributed by atoms with Gasteiger partial charge in [0.15, 0.2) is 5.96 Å². The lowest BCUT2D eigenvalue weighted by Gasteiger charge is -2.17. The standard InChI is InChI=1S/C21H26F4N4O.HI/c1-26-20(27-13-15-8-9-17(22)12-18(15)21(23,24)25)28-14-16-6-4-5-7-19(16)30-11-10-29(2)3;/h4-9,12H,10-11,13-14H2,1-3H3,(H2,26,27,28);1H. The van der Waals surface area contributed by atoms with Crippen LogP contribution in [-0.2, 0) is 19.3 Å². The van der Waals surface area contributed by atoms with Crippen molar-refractivity contribution < 1.29 is 22.3 Å². The molecule has 0 aliphatic carbocycles. The van der Waals surface area contributed by atoms with Gasteiger partial charge in [0, 0.05) is 32.2 Å². The Hall–Kier alpha value is -2.08. The lowest BCUT2D eigenvalue weighted by Crippen LogP contribution is -2.36. The number of hydrogen-bond acceptors (Lipinski definition) is 3. The van der Waals surface area contributed by atoms with Gasteiger partial charge in [0.05, 0.1) is 5.56 Å². The zero-order chi connectivity index (χ0) is 22.1. The van der Waals surface area contributed by atoms with Crippen molar-refractivity contribution in [1.29, 1.82) is 0 Å². The topological polar surface area (TPSA) is 48.9 Å². The van der Waals surface area contributed by atoms with E-state index in [1.807, 2.05) is 43.3 Å². The normalized spacial score (nSPS) is 11.8. The van der Waals surface area contributed by atoms with Gasteiger partial charge in [-0.3, -0.25) is 4.99 Å². The molecule has 31 heavy (non-hydrogen) atoms. The maximum absolute atomic E-state index is 13.3. The first-order valence-corrected chi connectivity index (χ1v) is 9.36. The lowest BCUT2D eigenvalue weighted by atomic mass is 10.1. The van der Waals surface area contributed by atoms with Crippen LogP contribution >= 0.6 is 24.0 Å². The molecule has 0 aliphatic heterocycles. The monoisotopic (exact) mass is 554 g/mol. The number of benzene rings is 2. The number of nitrogens with one attached hydrogen (secondary N) is 2. The van der Waals surface area contributed by atoms with Crippen molar-refractivity contribution >= 4 is 29.9 Å². The van der Waals surface area contributed by atoms with E-state index in [-0.39, 0.29) is 36.1 Å². The van der Waals surface area contributed by atoms with Gasteiger partial charge in [0.25, 0.3) is 0 Å². The smallest absolute Gasteiger partial charge is 0.416 e. The highest BCUT2D eigenvalue weighted by Crippen LogP contribution is 2.32. The van der Waals surface area contributed by atoms with E-state index in [0.29, 0.717) is 25.2 Å². The number of aliphatic imine (C=N–C) groups is 1. The second-order valence-corrected chi connectivity index (χ2v) is 6.84. The third-order valence-electron chi connectivity index (χ3n) is 4.26. The molecule has 0 fully saturated rings. The van der Waals surface area contributed by atoms with Gasteiger partial charge in [-0.05, 0) is 37.9 Å². The second kappa shape index (κ2) is 12.7. The van der Waals surface area contributed by atoms with Crippen molar-refractivity contribution in [1.82, 2.24) is 15.5 Å². The molecule has 0 amide bonds. The molecule has 2 N–H and O–H groups in total. The van der Waals surface area contributed by atoms with Crippen LogP contribution in [0.5, 0.6) is 5.75 Å². The number of guanidine groups is 1. The Labute approximate surface area is 196 Å². The fraction of sp³-hybridized carbons (Fsp3) is 0.381. The zero-order valence-electron chi connectivity index (χ0n) is 17.6. The van der Waals surface area contributed by atoms with Crippen LogP contribution in [0.25, 0.3) is 0 Å². The summed E-state index contributed by atoms with van der Waals surface area (Å²) in [4.78, 5) is 6.05. The summed E-state index contributed by atoms with van der Waals surface area (Å²) >= 11 is 0. The predicted octanol–water partition coefficient (Wildman–Crippen LogP) is 4.27. The van der Waals surface area contributed by atoms with Crippen LogP contribution in [0, 0.1) is 5.82 Å². The molecule has 0 aromatic heterocycles. The molecule has 2 aromatic rings. The molecule has 0 aliphatic rings. The highest BCUT2D eigenvalue weighted by molar-refractivity contribution is 14.0. The Morgan fingerprint density at radius 1 is 1.03 bits per heavy atom. The maximum Gasteiger partial charge on any atom is 0.416 e. The van der Waals surface area contributed by atoms with Crippen LogP contribution in [0.4, 0.5) is 17.6 Å². The molecule has 0 atom stereocenters. The molecule has 172 valence electrons. The van der Waals surface area contributed by atoms with Gasteiger partial charge in [-0.25, -0.2) is 4.39 Å². The number of rotatable bonds is 8. The highest BCUT2D eigenvalue weighted by atomic mass is 127. The minimum atomic E-state index is -4.64. The van der Waals surface area contributed by atoms with Gasteiger partial charge in [-0.2, -0.15) is 13.2 Å². The summed E-state index contributed by atoms with van der Waals surface area (Å²) in [6, 6.07) is 10.1. The SMILES string of the molecule is CN=C(NCc1ccccc1OCCN(C)C)NCc1ccc(F)cc1C(F)(F)F.I. The second-order valence-electron chi connectivity index (χ2n) is 6.84. The van der Waals surface area contributed by atoms with Gasteiger partial charge < -0.3 is 20.3 Å². The summed E-state index contributed by atoms with van der Waals surface area (Å²) in [5.41, 5.74) is -0.193. The third-order valence-corrected chi connectivity index (χ3v) is 4.26. The molecule has 10 heteroatoms. The van der Waals surface area contributed by atoms with Gasteiger partial charge in [-0.1, -0.05) is 24.3 Å². The summed E-state index contributed by atoms with van der Waals surface area (Å²) in [5.74, 6) is 0.107. The average Bonchev–Trinajstić information content (AvgIpc) is 2.69. The average molecular weight is 554 g/mol. The van der Waals surface area contributed by atoms with Crippen LogP contribution in [0.15, 0.2) is 47.5 Å². The van der Waals surface area contributed by atoms with Crippen LogP contribution < -0.4 is 15.4 Å². The highest BCUT2D eigenvalue weighted by Gasteiger charge is 2.33. The molecule has 0 saturated carbocycles. The predicted molar refractivity (Wildman–Crippen MR) is 124 cm³/mol. The van der Waals surface area contributed by atoms with Crippen molar-refractivity contribution in [2.75, 3.05) is 34.3 Å². The van der Waals surface area contributed by atoms with Crippen molar-refractivity contribution in [2.24, 2.45) is 4.99 Å². The quantitative estimate of drug-likeness (QED) is 0.222. The van der Waals surface area contributed by atoms with Crippen molar-refractivity contribution in [3.8, 4) is 5.75 Å². The van der Waals surface area contributed by atoms with Gasteiger partial charge in [0.2, 0.25) is 0 Å². The van der Waals surface area contributed by atoms with E-state index in [9.17, 15) is 17.6 Å². The summed E-state index contributed by atoms with van der Waals surface area (Å²) in [6.45, 7) is 1.51. The van der Waals surface area contributed by atoms with Crippen molar-refractivity contribution in [3.05, 3.63) is 65.0 Å². The molecular formula is C21H27F4IN4O. The lowest BCUT2D eigenvalue weighted by molar-refractivity contribution is -0.138. The Kier molecular flexibility index (Phi) is 11.0. The molecule has 0 heterocycles. The fourth-order valence-corrected chi connectivity index (χ4v) is 2.67. The van der Waals surface area contributed by atoms with E-state index < -0.39 is 17.6 Å². The van der Waals surface area contributed by atoms with Crippen molar-refractivity contribution in [2.45, 2.75) is 19.3 Å². The number of para-hydroxylation sites is 1. The van der Waals surface area contributed by atoms with E-state index in [1.54, 1.807) is 0 Å². The molecule has 0 unspecified atom stereocenters. The molecule has 0 saturated heterocycles. The van der Waals surface area contributed by atoms with E-state index in [2.05, 4.69) is 15.6 Å². The molecule has 2 aromatic carbocycles. The number of nitrogens with zero attached hydrogens (tertiary/aromatic N) is 2. The summed E-state index contributed by atoms with van der Waals surface area (Å²) in [7, 11) is 5.43. The molecule has 0 bridgehead atoms. The van der Waals surface area contributed by atoms with Gasteiger partial charge >= 0.3 is 6.18 Å². The molecule has 2 rings (SSSR count). The fourth-order valence-electron chi connectivity index (χ4n) is 2.67. The van der Waals surface area contributed by atoms with Gasteiger partial charge in [0.1, 0.15) is 18.2 Å². The number of halogens is 5. The maximum atomic E-state index is 13.3. The molecule has 0 radical (unpaired) electrons. The zero-order valence-corrected chi connectivity index (χ0v) is 19.9. The van der Waals surface area contributed by atoms with Crippen LogP contribution in [0.2, 0.25) is 0 Å². The summed E-state index contributed by atoms with van der Waals surface area (Å²) < 4.78 is 58.5. The van der Waals surface area contributed by atoms with E-state index in [4.69, 9.17) is 4.74 Å². The molecule has 5 nitrogen and oxygen atoms in total. The largest absolute Gasteiger partial charge is 0.492 e. The Bertz CT molecular complexity index is 860. The Morgan fingerprint density at radius 3 is 2.29 bits per heavy atom. The summed E-state index contributed by atoms with van der Waals surface area (Å²) in [6.07, 6.45) is -4.64. The number of ether oxygens (including phenoxy) is 1. The minimum absolute atomic E-state index is 0. The number of alkyl halides is 3. The Morgan fingerprint density at radius 2 is 1.68 bits per heavy atom. The first kappa shape index (κ1) is 27.0. The number of hydrogen-bond donors (Lipinski definition) is 2. The van der Waals surface area contributed by atoms with Crippen LogP contribution in [0.1, 0.15) is 16.7 Å². The molecular weight excluding hydrogens is 527 g/mol. The van der Waals surface area contributed by atoms with E-state index in [0.717, 1.165) is 30.0 Å². The first-order chi connectivity index (χ1) is 14.2. The van der Waals surface area contributed by atoms with Crippen LogP contribution in [-0.4, -0.2) is 45.2 Å². The van der Waals surface area contributed by atoms with Crippen LogP contribution in [0.3, 0.4) is 0 Å². The van der Waals surface area contributed by atoms with Crippen molar-refractivity contribution in [3.63, 3.8) is 0 Å². The molecule has 0 spiro atoms. The first-order valence-electron chi connectivity index (χ1n) is 9.36. The summed E-state index contributed by atoms with van der Waals surface area (Å²) in [5, 5.41) is 5.89. The van der Waals surface area contributed by atoms with E-state index in [1.165, 1.54) is 7.05 Å². The minimum Gasteiger partial charge on any atom is -0.492 e. The Balaban J connectivity index is 0.00000480. The van der Waals surface area contributed by atoms with E-state index >= 15 is 0 Å². The van der Waals surface area contributed by atoms with Gasteiger partial charge in [-0.15, -0.1) is 24.0 Å². The number of likely N-dealkylation sites (N-methyl/N-ethyl adjacent to an activating group) is 1.